The lowest BCUT2D eigenvalue weighted by Gasteiger charge is -2.32. The Morgan fingerprint density at radius 1 is 1.36 bits per heavy atom. The Hall–Kier alpha value is -2.28. The van der Waals surface area contributed by atoms with Gasteiger partial charge in [-0.1, -0.05) is 0 Å². The Morgan fingerprint density at radius 3 is 3.18 bits per heavy atom. The van der Waals surface area contributed by atoms with E-state index in [2.05, 4.69) is 20.2 Å². The summed E-state index contributed by atoms with van der Waals surface area (Å²) in [5.74, 6) is 0.355. The Bertz CT molecular complexity index is 797. The first kappa shape index (κ1) is 13.4. The van der Waals surface area contributed by atoms with Crippen LogP contribution in [-0.4, -0.2) is 44.1 Å². The summed E-state index contributed by atoms with van der Waals surface area (Å²) in [6, 6.07) is 4.08. The fraction of sp³-hybridized carbons (Fsp3) is 0.333. The minimum atomic E-state index is 0.0785. The van der Waals surface area contributed by atoms with Gasteiger partial charge in [0.25, 0.3) is 5.91 Å². The third-order valence-electron chi connectivity index (χ3n) is 4.09. The van der Waals surface area contributed by atoms with Crippen molar-refractivity contribution in [2.24, 2.45) is 0 Å². The summed E-state index contributed by atoms with van der Waals surface area (Å²) in [6.07, 6.45) is 5.47. The number of hydrogen-bond donors (Lipinski definition) is 1. The zero-order valence-corrected chi connectivity index (χ0v) is 12.7. The molecule has 7 heteroatoms. The second kappa shape index (κ2) is 5.49. The standard InChI is InChI=1S/C15H15N5OS/c21-15(13-7-16-9-22-13)20-5-1-2-11(8-20)12-4-3-10-6-17-19-14(10)18-12/h3-4,6-7,9,11H,1-2,5,8H2,(H,17,18,19)/t11-/m1/s1. The van der Waals surface area contributed by atoms with Crippen LogP contribution in [0.3, 0.4) is 0 Å². The van der Waals surface area contributed by atoms with Crippen LogP contribution in [0.1, 0.15) is 34.1 Å². The van der Waals surface area contributed by atoms with Gasteiger partial charge >= 0.3 is 0 Å². The number of thiazole rings is 1. The normalized spacial score (nSPS) is 18.7. The van der Waals surface area contributed by atoms with Gasteiger partial charge < -0.3 is 4.90 Å². The predicted molar refractivity (Wildman–Crippen MR) is 83.9 cm³/mol. The highest BCUT2D eigenvalue weighted by Gasteiger charge is 2.27. The summed E-state index contributed by atoms with van der Waals surface area (Å²) in [7, 11) is 0. The van der Waals surface area contributed by atoms with E-state index in [9.17, 15) is 4.79 Å². The van der Waals surface area contributed by atoms with Crippen LogP contribution in [0.4, 0.5) is 0 Å². The van der Waals surface area contributed by atoms with Crippen molar-refractivity contribution in [1.29, 1.82) is 0 Å². The van der Waals surface area contributed by atoms with E-state index in [1.807, 2.05) is 17.0 Å². The number of amides is 1. The lowest BCUT2D eigenvalue weighted by Crippen LogP contribution is -2.39. The number of carbonyl (C=O) groups excluding carboxylic acids is 1. The van der Waals surface area contributed by atoms with Crippen molar-refractivity contribution in [3.05, 3.63) is 40.6 Å². The number of piperidine rings is 1. The molecule has 112 valence electrons. The van der Waals surface area contributed by atoms with E-state index >= 15 is 0 Å². The predicted octanol–water partition coefficient (Wildman–Crippen LogP) is 2.43. The highest BCUT2D eigenvalue weighted by atomic mass is 32.1. The Kier molecular flexibility index (Phi) is 3.34. The van der Waals surface area contributed by atoms with Gasteiger partial charge in [0.1, 0.15) is 4.88 Å². The topological polar surface area (TPSA) is 74.8 Å². The number of H-pyrrole nitrogens is 1. The van der Waals surface area contributed by atoms with E-state index < -0.39 is 0 Å². The van der Waals surface area contributed by atoms with E-state index in [4.69, 9.17) is 0 Å². The quantitative estimate of drug-likeness (QED) is 0.788. The van der Waals surface area contributed by atoms with E-state index in [-0.39, 0.29) is 11.8 Å². The Morgan fingerprint density at radius 2 is 2.32 bits per heavy atom. The molecule has 1 saturated heterocycles. The summed E-state index contributed by atoms with van der Waals surface area (Å²) >= 11 is 1.39. The molecule has 0 unspecified atom stereocenters. The van der Waals surface area contributed by atoms with E-state index in [1.54, 1.807) is 17.9 Å². The molecule has 1 aliphatic heterocycles. The van der Waals surface area contributed by atoms with E-state index in [0.717, 1.165) is 36.1 Å². The average Bonchev–Trinajstić information content (AvgIpc) is 3.25. The lowest BCUT2D eigenvalue weighted by molar-refractivity contribution is 0.0710. The van der Waals surface area contributed by atoms with Crippen LogP contribution in [0.15, 0.2) is 30.0 Å². The molecule has 0 radical (unpaired) electrons. The van der Waals surface area contributed by atoms with Crippen molar-refractivity contribution in [3.63, 3.8) is 0 Å². The summed E-state index contributed by atoms with van der Waals surface area (Å²) in [4.78, 5) is 23.7. The summed E-state index contributed by atoms with van der Waals surface area (Å²) in [6.45, 7) is 1.52. The first-order valence-corrected chi connectivity index (χ1v) is 8.17. The van der Waals surface area contributed by atoms with Gasteiger partial charge in [0, 0.05) is 30.1 Å². The molecule has 0 aliphatic carbocycles. The van der Waals surface area contributed by atoms with Crippen molar-refractivity contribution in [2.45, 2.75) is 18.8 Å². The Labute approximate surface area is 131 Å². The van der Waals surface area contributed by atoms with Crippen LogP contribution < -0.4 is 0 Å². The first-order chi connectivity index (χ1) is 10.8. The highest BCUT2D eigenvalue weighted by molar-refractivity contribution is 7.11. The van der Waals surface area contributed by atoms with Crippen molar-refractivity contribution in [2.75, 3.05) is 13.1 Å². The van der Waals surface area contributed by atoms with Crippen molar-refractivity contribution < 1.29 is 4.79 Å². The molecule has 3 aromatic heterocycles. The highest BCUT2D eigenvalue weighted by Crippen LogP contribution is 2.28. The van der Waals surface area contributed by atoms with Crippen LogP contribution in [0.25, 0.3) is 11.0 Å². The molecule has 1 atom stereocenters. The van der Waals surface area contributed by atoms with Crippen LogP contribution in [-0.2, 0) is 0 Å². The maximum Gasteiger partial charge on any atom is 0.265 e. The van der Waals surface area contributed by atoms with Gasteiger partial charge in [-0.3, -0.25) is 14.9 Å². The van der Waals surface area contributed by atoms with Gasteiger partial charge in [0.2, 0.25) is 0 Å². The smallest absolute Gasteiger partial charge is 0.265 e. The van der Waals surface area contributed by atoms with Gasteiger partial charge in [0.05, 0.1) is 17.9 Å². The third kappa shape index (κ3) is 2.37. The molecule has 6 nitrogen and oxygen atoms in total. The van der Waals surface area contributed by atoms with Crippen LogP contribution in [0.2, 0.25) is 0 Å². The molecular formula is C15H15N5OS. The van der Waals surface area contributed by atoms with Crippen molar-refractivity contribution in [3.8, 4) is 0 Å². The number of nitrogens with zero attached hydrogens (tertiary/aromatic N) is 4. The molecule has 1 fully saturated rings. The van der Waals surface area contributed by atoms with Gasteiger partial charge in [-0.05, 0) is 25.0 Å². The first-order valence-electron chi connectivity index (χ1n) is 7.29. The largest absolute Gasteiger partial charge is 0.337 e. The number of fused-ring (bicyclic) bond motifs is 1. The number of likely N-dealkylation sites (tertiary alicyclic amines) is 1. The molecular weight excluding hydrogens is 298 g/mol. The molecule has 4 rings (SSSR count). The van der Waals surface area contributed by atoms with Crippen LogP contribution >= 0.6 is 11.3 Å². The average molecular weight is 313 g/mol. The minimum Gasteiger partial charge on any atom is -0.337 e. The zero-order valence-electron chi connectivity index (χ0n) is 11.9. The molecule has 0 aromatic carbocycles. The van der Waals surface area contributed by atoms with Crippen molar-refractivity contribution >= 4 is 28.3 Å². The fourth-order valence-corrected chi connectivity index (χ4v) is 3.54. The summed E-state index contributed by atoms with van der Waals surface area (Å²) in [5, 5.41) is 7.93. The second-order valence-electron chi connectivity index (χ2n) is 5.50. The molecule has 4 heterocycles. The second-order valence-corrected chi connectivity index (χ2v) is 6.39. The maximum absolute atomic E-state index is 12.5. The molecule has 0 spiro atoms. The molecule has 3 aromatic rings. The number of nitrogens with one attached hydrogen (secondary N) is 1. The molecule has 1 aliphatic rings. The van der Waals surface area contributed by atoms with Gasteiger partial charge in [-0.25, -0.2) is 4.98 Å². The van der Waals surface area contributed by atoms with E-state index in [1.165, 1.54) is 11.3 Å². The minimum absolute atomic E-state index is 0.0785. The molecule has 1 N–H and O–H groups in total. The maximum atomic E-state index is 12.5. The van der Waals surface area contributed by atoms with Crippen molar-refractivity contribution in [1.82, 2.24) is 25.1 Å². The van der Waals surface area contributed by atoms with E-state index in [0.29, 0.717) is 11.4 Å². The molecule has 0 saturated carbocycles. The zero-order chi connectivity index (χ0) is 14.9. The lowest BCUT2D eigenvalue weighted by atomic mass is 9.94. The molecule has 22 heavy (non-hydrogen) atoms. The Balaban J connectivity index is 1.56. The fourth-order valence-electron chi connectivity index (χ4n) is 2.95. The summed E-state index contributed by atoms with van der Waals surface area (Å²) in [5.41, 5.74) is 3.53. The molecule has 0 bridgehead atoms. The number of aromatic amines is 1. The van der Waals surface area contributed by atoms with Gasteiger partial charge in [0.15, 0.2) is 5.65 Å². The van der Waals surface area contributed by atoms with Gasteiger partial charge in [-0.15, -0.1) is 11.3 Å². The number of rotatable bonds is 2. The summed E-state index contributed by atoms with van der Waals surface area (Å²) < 4.78 is 0. The van der Waals surface area contributed by atoms with Crippen LogP contribution in [0, 0.1) is 0 Å². The van der Waals surface area contributed by atoms with Gasteiger partial charge in [-0.2, -0.15) is 5.10 Å². The number of pyridine rings is 1. The monoisotopic (exact) mass is 313 g/mol. The number of hydrogen-bond acceptors (Lipinski definition) is 5. The SMILES string of the molecule is O=C(c1cncs1)N1CCC[C@@H](c2ccc3cn[nH]c3n2)C1. The number of carbonyl (C=O) groups is 1. The molecule has 1 amide bonds. The van der Waals surface area contributed by atoms with Crippen LogP contribution in [0.5, 0.6) is 0 Å². The third-order valence-corrected chi connectivity index (χ3v) is 4.85. The number of aromatic nitrogens is 4.